The van der Waals surface area contributed by atoms with Crippen molar-refractivity contribution in [1.29, 1.82) is 0 Å². The number of aromatic nitrogens is 1. The van der Waals surface area contributed by atoms with Gasteiger partial charge in [-0.05, 0) is 12.1 Å². The van der Waals surface area contributed by atoms with Gasteiger partial charge in [0.1, 0.15) is 12.2 Å². The van der Waals surface area contributed by atoms with Gasteiger partial charge in [-0.3, -0.25) is 8.37 Å². The van der Waals surface area contributed by atoms with E-state index in [0.717, 1.165) is 12.3 Å². The van der Waals surface area contributed by atoms with E-state index < -0.39 is 0 Å². The van der Waals surface area contributed by atoms with Crippen LogP contribution in [0, 0.1) is 0 Å². The number of fused-ring (bicyclic) bond motifs is 4. The highest BCUT2D eigenvalue weighted by Crippen LogP contribution is 2.40. The van der Waals surface area contributed by atoms with Crippen molar-refractivity contribution in [1.82, 2.24) is 4.57 Å². The zero-order chi connectivity index (χ0) is 14.5. The molecule has 0 aliphatic carbocycles. The standard InChI is InChI=1S/C17H15NO3S/c1-3-7-13-11(5-1)12-6-2-4-8-14(12)18(13)15-9-19-10-16-17(15)21-22-20-16/h1-8,15-17H,9-10H2/t15-,16-,17+/m0/s1. The van der Waals surface area contributed by atoms with Gasteiger partial charge in [0, 0.05) is 21.8 Å². The third-order valence-corrected chi connectivity index (χ3v) is 5.21. The van der Waals surface area contributed by atoms with Gasteiger partial charge in [0.2, 0.25) is 0 Å². The van der Waals surface area contributed by atoms with Crippen LogP contribution < -0.4 is 0 Å². The Morgan fingerprint density at radius 1 is 0.864 bits per heavy atom. The smallest absolute Gasteiger partial charge is 0.159 e. The molecule has 0 amide bonds. The average molecular weight is 313 g/mol. The fraction of sp³-hybridized carbons (Fsp3) is 0.294. The number of hydrogen-bond donors (Lipinski definition) is 0. The molecule has 0 spiro atoms. The third-order valence-electron chi connectivity index (χ3n) is 4.58. The normalized spacial score (nSPS) is 28.3. The summed E-state index contributed by atoms with van der Waals surface area (Å²) in [5.41, 5.74) is 2.44. The quantitative estimate of drug-likeness (QED) is 0.641. The minimum atomic E-state index is 0.00340. The van der Waals surface area contributed by atoms with Crippen molar-refractivity contribution in [3.05, 3.63) is 48.5 Å². The van der Waals surface area contributed by atoms with E-state index in [2.05, 4.69) is 53.1 Å². The maximum Gasteiger partial charge on any atom is 0.159 e. The van der Waals surface area contributed by atoms with Gasteiger partial charge in [0.25, 0.3) is 0 Å². The molecule has 1 aromatic heterocycles. The summed E-state index contributed by atoms with van der Waals surface area (Å²) in [5, 5.41) is 2.54. The highest BCUT2D eigenvalue weighted by molar-refractivity contribution is 7.90. The summed E-state index contributed by atoms with van der Waals surface area (Å²) >= 11 is 1.10. The zero-order valence-corrected chi connectivity index (χ0v) is 12.7. The molecule has 2 saturated heterocycles. The van der Waals surface area contributed by atoms with Crippen LogP contribution in [0.4, 0.5) is 0 Å². The molecule has 112 valence electrons. The monoisotopic (exact) mass is 313 g/mol. The summed E-state index contributed by atoms with van der Waals surface area (Å²) in [7, 11) is 0. The van der Waals surface area contributed by atoms with Gasteiger partial charge < -0.3 is 9.30 Å². The lowest BCUT2D eigenvalue weighted by atomic mass is 10.0. The van der Waals surface area contributed by atoms with E-state index in [4.69, 9.17) is 13.1 Å². The Labute approximate surface area is 132 Å². The average Bonchev–Trinajstić information content (AvgIpc) is 3.17. The number of ether oxygens (including phenoxy) is 1. The van der Waals surface area contributed by atoms with Crippen molar-refractivity contribution in [2.24, 2.45) is 0 Å². The molecule has 2 aromatic carbocycles. The minimum Gasteiger partial charge on any atom is -0.376 e. The number of nitrogens with zero attached hydrogens (tertiary/aromatic N) is 1. The van der Waals surface area contributed by atoms with Gasteiger partial charge >= 0.3 is 0 Å². The topological polar surface area (TPSA) is 32.6 Å². The maximum absolute atomic E-state index is 5.78. The largest absolute Gasteiger partial charge is 0.376 e. The van der Waals surface area contributed by atoms with Crippen molar-refractivity contribution < 1.29 is 13.1 Å². The molecule has 2 fully saturated rings. The van der Waals surface area contributed by atoms with E-state index in [1.807, 2.05) is 0 Å². The summed E-state index contributed by atoms with van der Waals surface area (Å²) in [4.78, 5) is 0. The highest BCUT2D eigenvalue weighted by atomic mass is 32.2. The Morgan fingerprint density at radius 2 is 1.55 bits per heavy atom. The molecule has 0 saturated carbocycles. The predicted octanol–water partition coefficient (Wildman–Crippen LogP) is 3.71. The number of rotatable bonds is 1. The zero-order valence-electron chi connectivity index (χ0n) is 11.8. The van der Waals surface area contributed by atoms with Crippen LogP contribution in [0.25, 0.3) is 21.8 Å². The first-order valence-corrected chi connectivity index (χ1v) is 8.14. The van der Waals surface area contributed by atoms with Gasteiger partial charge in [-0.1, -0.05) is 36.4 Å². The van der Waals surface area contributed by atoms with E-state index in [1.54, 1.807) is 0 Å². The van der Waals surface area contributed by atoms with Crippen LogP contribution in [0.1, 0.15) is 6.04 Å². The lowest BCUT2D eigenvalue weighted by Gasteiger charge is -2.32. The second-order valence-corrected chi connectivity index (χ2v) is 6.29. The molecule has 3 heterocycles. The minimum absolute atomic E-state index is 0.00340. The predicted molar refractivity (Wildman–Crippen MR) is 86.6 cm³/mol. The van der Waals surface area contributed by atoms with E-state index in [-0.39, 0.29) is 18.2 Å². The SMILES string of the molecule is c1ccc2c(c1)c1ccccc1n2[C@H]1COC[C@@H]2OSO[C@@H]21. The van der Waals surface area contributed by atoms with Crippen molar-refractivity contribution >= 4 is 34.1 Å². The molecule has 5 rings (SSSR count). The van der Waals surface area contributed by atoms with E-state index in [1.165, 1.54) is 21.8 Å². The molecule has 2 aliphatic rings. The van der Waals surface area contributed by atoms with Crippen LogP contribution in [-0.2, 0) is 13.1 Å². The Bertz CT molecular complexity index is 793. The van der Waals surface area contributed by atoms with Gasteiger partial charge in [0.15, 0.2) is 12.3 Å². The van der Waals surface area contributed by atoms with E-state index in [9.17, 15) is 0 Å². The lowest BCUT2D eigenvalue weighted by Crippen LogP contribution is -2.43. The summed E-state index contributed by atoms with van der Waals surface area (Å²) < 4.78 is 19.5. The summed E-state index contributed by atoms with van der Waals surface area (Å²) in [5.74, 6) is 0. The molecule has 0 N–H and O–H groups in total. The Hall–Kier alpha value is -1.53. The molecule has 4 nitrogen and oxygen atoms in total. The maximum atomic E-state index is 5.78. The Morgan fingerprint density at radius 3 is 2.27 bits per heavy atom. The first-order valence-electron chi connectivity index (χ1n) is 7.48. The number of benzene rings is 2. The van der Waals surface area contributed by atoms with Crippen molar-refractivity contribution in [2.45, 2.75) is 18.2 Å². The first-order chi connectivity index (χ1) is 10.9. The number of para-hydroxylation sites is 2. The molecule has 0 radical (unpaired) electrons. The highest BCUT2D eigenvalue weighted by Gasteiger charge is 2.43. The van der Waals surface area contributed by atoms with Gasteiger partial charge in [-0.2, -0.15) is 0 Å². The van der Waals surface area contributed by atoms with Crippen molar-refractivity contribution in [2.75, 3.05) is 13.2 Å². The molecule has 22 heavy (non-hydrogen) atoms. The molecule has 2 aliphatic heterocycles. The molecular formula is C17H15NO3S. The molecule has 5 heteroatoms. The lowest BCUT2D eigenvalue weighted by molar-refractivity contribution is -0.0519. The summed E-state index contributed by atoms with van der Waals surface area (Å²) in [6, 6.07) is 17.2. The van der Waals surface area contributed by atoms with Crippen LogP contribution in [-0.4, -0.2) is 30.0 Å². The summed E-state index contributed by atoms with van der Waals surface area (Å²) in [6.07, 6.45) is 0.0293. The fourth-order valence-electron chi connectivity index (χ4n) is 3.60. The second kappa shape index (κ2) is 4.99. The Kier molecular flexibility index (Phi) is 2.94. The van der Waals surface area contributed by atoms with Crippen LogP contribution >= 0.6 is 12.3 Å². The second-order valence-electron chi connectivity index (χ2n) is 5.77. The van der Waals surface area contributed by atoms with Crippen LogP contribution in [0.5, 0.6) is 0 Å². The van der Waals surface area contributed by atoms with Crippen LogP contribution in [0.3, 0.4) is 0 Å². The van der Waals surface area contributed by atoms with Crippen LogP contribution in [0.2, 0.25) is 0 Å². The fourth-order valence-corrected chi connectivity index (χ4v) is 4.26. The van der Waals surface area contributed by atoms with Crippen LogP contribution in [0.15, 0.2) is 48.5 Å². The third kappa shape index (κ3) is 1.77. The molecule has 3 aromatic rings. The Balaban J connectivity index is 1.78. The van der Waals surface area contributed by atoms with Crippen molar-refractivity contribution in [3.63, 3.8) is 0 Å². The van der Waals surface area contributed by atoms with E-state index in [0.29, 0.717) is 13.2 Å². The van der Waals surface area contributed by atoms with Gasteiger partial charge in [-0.25, -0.2) is 0 Å². The van der Waals surface area contributed by atoms with Gasteiger partial charge in [-0.15, -0.1) is 0 Å². The van der Waals surface area contributed by atoms with Gasteiger partial charge in [0.05, 0.1) is 19.3 Å². The van der Waals surface area contributed by atoms with Crippen molar-refractivity contribution in [3.8, 4) is 0 Å². The summed E-state index contributed by atoms with van der Waals surface area (Å²) in [6.45, 7) is 1.25. The molecule has 0 bridgehead atoms. The first kappa shape index (κ1) is 13.0. The molecular weight excluding hydrogens is 298 g/mol. The van der Waals surface area contributed by atoms with E-state index >= 15 is 0 Å². The molecule has 0 unspecified atom stereocenters. The number of hydrogen-bond acceptors (Lipinski definition) is 4. The molecule has 3 atom stereocenters.